The monoisotopic (exact) mass is 293 g/mol. The second-order valence-corrected chi connectivity index (χ2v) is 5.60. The summed E-state index contributed by atoms with van der Waals surface area (Å²) in [6.07, 6.45) is 3.21. The van der Waals surface area contributed by atoms with Gasteiger partial charge in [0.1, 0.15) is 11.5 Å². The summed E-state index contributed by atoms with van der Waals surface area (Å²) in [5.41, 5.74) is 0.969. The summed E-state index contributed by atoms with van der Waals surface area (Å²) in [6, 6.07) is 5.44. The van der Waals surface area contributed by atoms with Gasteiger partial charge < -0.3 is 19.9 Å². The lowest BCUT2D eigenvalue weighted by Crippen LogP contribution is -2.31. The molecule has 2 rings (SSSR count). The zero-order valence-corrected chi connectivity index (χ0v) is 12.6. The number of methoxy groups -OCH3 is 2. The molecule has 1 fully saturated rings. The lowest BCUT2D eigenvalue weighted by Gasteiger charge is -2.15. The fourth-order valence-corrected chi connectivity index (χ4v) is 2.45. The first-order valence-corrected chi connectivity index (χ1v) is 7.21. The van der Waals surface area contributed by atoms with Crippen LogP contribution in [0.15, 0.2) is 18.2 Å². The standard InChI is InChI=1S/C16H23NO4/c1-20-13-4-3-12(14(10-13)21-2)9-15(19)17-11-16(5-6-16)7-8-18/h3-4,10,18H,5-9,11H2,1-2H3,(H,17,19). The maximum atomic E-state index is 12.1. The minimum Gasteiger partial charge on any atom is -0.497 e. The summed E-state index contributed by atoms with van der Waals surface area (Å²) in [4.78, 5) is 12.1. The minimum absolute atomic E-state index is 0.0253. The molecular formula is C16H23NO4. The normalized spacial score (nSPS) is 15.4. The first-order valence-electron chi connectivity index (χ1n) is 7.21. The smallest absolute Gasteiger partial charge is 0.224 e. The number of aliphatic hydroxyl groups excluding tert-OH is 1. The Labute approximate surface area is 125 Å². The zero-order chi connectivity index (χ0) is 15.3. The topological polar surface area (TPSA) is 67.8 Å². The van der Waals surface area contributed by atoms with Gasteiger partial charge in [-0.15, -0.1) is 0 Å². The molecule has 1 aromatic carbocycles. The molecule has 0 radical (unpaired) electrons. The van der Waals surface area contributed by atoms with Crippen molar-refractivity contribution in [3.8, 4) is 11.5 Å². The molecule has 0 aromatic heterocycles. The third-order valence-corrected chi connectivity index (χ3v) is 4.11. The molecule has 116 valence electrons. The van der Waals surface area contributed by atoms with Crippen molar-refractivity contribution in [2.75, 3.05) is 27.4 Å². The quantitative estimate of drug-likeness (QED) is 0.762. The van der Waals surface area contributed by atoms with Crippen LogP contribution in [-0.2, 0) is 11.2 Å². The van der Waals surface area contributed by atoms with Crippen LogP contribution in [0.1, 0.15) is 24.8 Å². The van der Waals surface area contributed by atoms with E-state index in [9.17, 15) is 4.79 Å². The Kier molecular flexibility index (Phi) is 5.07. The summed E-state index contributed by atoms with van der Waals surface area (Å²) in [6.45, 7) is 0.826. The van der Waals surface area contributed by atoms with Crippen LogP contribution in [0, 0.1) is 5.41 Å². The van der Waals surface area contributed by atoms with Crippen molar-refractivity contribution in [2.24, 2.45) is 5.41 Å². The molecule has 1 aromatic rings. The van der Waals surface area contributed by atoms with E-state index in [4.69, 9.17) is 14.6 Å². The van der Waals surface area contributed by atoms with Crippen LogP contribution in [0.25, 0.3) is 0 Å². The van der Waals surface area contributed by atoms with E-state index in [1.807, 2.05) is 12.1 Å². The molecule has 0 spiro atoms. The predicted octanol–water partition coefficient (Wildman–Crippen LogP) is 1.53. The van der Waals surface area contributed by atoms with Gasteiger partial charge in [0, 0.05) is 24.8 Å². The molecule has 5 heteroatoms. The van der Waals surface area contributed by atoms with Gasteiger partial charge in [-0.1, -0.05) is 6.07 Å². The number of hydrogen-bond acceptors (Lipinski definition) is 4. The third-order valence-electron chi connectivity index (χ3n) is 4.11. The summed E-state index contributed by atoms with van der Waals surface area (Å²) in [5.74, 6) is 1.33. The van der Waals surface area contributed by atoms with Gasteiger partial charge in [-0.3, -0.25) is 4.79 Å². The van der Waals surface area contributed by atoms with Crippen LogP contribution in [0.5, 0.6) is 11.5 Å². The number of rotatable bonds is 8. The highest BCUT2D eigenvalue weighted by Crippen LogP contribution is 2.47. The van der Waals surface area contributed by atoms with Gasteiger partial charge >= 0.3 is 0 Å². The zero-order valence-electron chi connectivity index (χ0n) is 12.6. The molecule has 0 unspecified atom stereocenters. The molecule has 1 amide bonds. The van der Waals surface area contributed by atoms with Crippen LogP contribution in [0.3, 0.4) is 0 Å². The first-order chi connectivity index (χ1) is 10.1. The number of aliphatic hydroxyl groups is 1. The van der Waals surface area contributed by atoms with Crippen molar-refractivity contribution >= 4 is 5.91 Å². The summed E-state index contributed by atoms with van der Waals surface area (Å²) in [7, 11) is 3.17. The van der Waals surface area contributed by atoms with E-state index >= 15 is 0 Å². The van der Waals surface area contributed by atoms with Gasteiger partial charge in [-0.05, 0) is 30.7 Å². The van der Waals surface area contributed by atoms with Gasteiger partial charge in [0.2, 0.25) is 5.91 Å². The van der Waals surface area contributed by atoms with Crippen LogP contribution in [0.4, 0.5) is 0 Å². The molecule has 1 aliphatic carbocycles. The predicted molar refractivity (Wildman–Crippen MR) is 79.6 cm³/mol. The molecule has 21 heavy (non-hydrogen) atoms. The Morgan fingerprint density at radius 3 is 2.67 bits per heavy atom. The van der Waals surface area contributed by atoms with Crippen molar-refractivity contribution in [3.05, 3.63) is 23.8 Å². The van der Waals surface area contributed by atoms with Crippen molar-refractivity contribution in [1.82, 2.24) is 5.32 Å². The Balaban J connectivity index is 1.90. The van der Waals surface area contributed by atoms with Gasteiger partial charge in [0.05, 0.1) is 20.6 Å². The molecule has 0 bridgehead atoms. The lowest BCUT2D eigenvalue weighted by atomic mass is 10.0. The fourth-order valence-electron chi connectivity index (χ4n) is 2.45. The highest BCUT2D eigenvalue weighted by Gasteiger charge is 2.41. The summed E-state index contributed by atoms with van der Waals surface area (Å²) < 4.78 is 10.4. The van der Waals surface area contributed by atoms with E-state index in [0.29, 0.717) is 18.0 Å². The Hall–Kier alpha value is -1.75. The highest BCUT2D eigenvalue weighted by atomic mass is 16.5. The second-order valence-electron chi connectivity index (χ2n) is 5.60. The third kappa shape index (κ3) is 4.11. The molecule has 1 aliphatic rings. The maximum absolute atomic E-state index is 12.1. The van der Waals surface area contributed by atoms with Crippen LogP contribution >= 0.6 is 0 Å². The second kappa shape index (κ2) is 6.80. The van der Waals surface area contributed by atoms with Crippen molar-refractivity contribution < 1.29 is 19.4 Å². The van der Waals surface area contributed by atoms with Gasteiger partial charge in [-0.2, -0.15) is 0 Å². The van der Waals surface area contributed by atoms with Gasteiger partial charge in [0.25, 0.3) is 0 Å². The molecule has 2 N–H and O–H groups in total. The summed E-state index contributed by atoms with van der Waals surface area (Å²) in [5, 5.41) is 12.0. The van der Waals surface area contributed by atoms with E-state index in [2.05, 4.69) is 5.32 Å². The van der Waals surface area contributed by atoms with Crippen molar-refractivity contribution in [3.63, 3.8) is 0 Å². The summed E-state index contributed by atoms with van der Waals surface area (Å²) >= 11 is 0. The van der Waals surface area contributed by atoms with Gasteiger partial charge in [0.15, 0.2) is 0 Å². The van der Waals surface area contributed by atoms with Crippen LogP contribution < -0.4 is 14.8 Å². The van der Waals surface area contributed by atoms with E-state index in [0.717, 1.165) is 24.8 Å². The molecular weight excluding hydrogens is 270 g/mol. The molecule has 0 saturated heterocycles. The number of hydrogen-bond donors (Lipinski definition) is 2. The molecule has 5 nitrogen and oxygen atoms in total. The molecule has 0 atom stereocenters. The van der Waals surface area contributed by atoms with E-state index < -0.39 is 0 Å². The van der Waals surface area contributed by atoms with Crippen molar-refractivity contribution in [1.29, 1.82) is 0 Å². The Bertz CT molecular complexity index is 497. The van der Waals surface area contributed by atoms with Gasteiger partial charge in [-0.25, -0.2) is 0 Å². The SMILES string of the molecule is COc1ccc(CC(=O)NCC2(CCO)CC2)c(OC)c1. The first kappa shape index (κ1) is 15.6. The van der Waals surface area contributed by atoms with E-state index in [-0.39, 0.29) is 24.3 Å². The Morgan fingerprint density at radius 2 is 2.10 bits per heavy atom. The van der Waals surface area contributed by atoms with Crippen molar-refractivity contribution in [2.45, 2.75) is 25.7 Å². The maximum Gasteiger partial charge on any atom is 0.224 e. The van der Waals surface area contributed by atoms with Crippen LogP contribution in [-0.4, -0.2) is 38.4 Å². The largest absolute Gasteiger partial charge is 0.497 e. The number of nitrogens with one attached hydrogen (secondary N) is 1. The highest BCUT2D eigenvalue weighted by molar-refractivity contribution is 5.79. The fraction of sp³-hybridized carbons (Fsp3) is 0.562. The average molecular weight is 293 g/mol. The molecule has 0 heterocycles. The van der Waals surface area contributed by atoms with Crippen LogP contribution in [0.2, 0.25) is 0 Å². The minimum atomic E-state index is -0.0253. The number of carbonyl (C=O) groups is 1. The number of amides is 1. The Morgan fingerprint density at radius 1 is 1.33 bits per heavy atom. The number of benzene rings is 1. The lowest BCUT2D eigenvalue weighted by molar-refractivity contribution is -0.120. The average Bonchev–Trinajstić information content (AvgIpc) is 3.26. The van der Waals surface area contributed by atoms with E-state index in [1.54, 1.807) is 20.3 Å². The number of ether oxygens (including phenoxy) is 2. The molecule has 0 aliphatic heterocycles. The molecule has 1 saturated carbocycles. The van der Waals surface area contributed by atoms with E-state index in [1.165, 1.54) is 0 Å². The number of carbonyl (C=O) groups excluding carboxylic acids is 1.